The average molecular weight is 313 g/mol. The lowest BCUT2D eigenvalue weighted by molar-refractivity contribution is -0.130. The van der Waals surface area contributed by atoms with E-state index in [4.69, 9.17) is 4.52 Å². The van der Waals surface area contributed by atoms with Crippen molar-refractivity contribution in [2.75, 3.05) is 25.0 Å². The van der Waals surface area contributed by atoms with Crippen LogP contribution in [-0.4, -0.2) is 35.6 Å². The minimum absolute atomic E-state index is 0.129. The van der Waals surface area contributed by atoms with Crippen LogP contribution in [0.25, 0.3) is 0 Å². The van der Waals surface area contributed by atoms with Gasteiger partial charge in [-0.3, -0.25) is 4.79 Å². The molecule has 0 radical (unpaired) electrons. The molecule has 1 aliphatic rings. The van der Waals surface area contributed by atoms with Crippen LogP contribution >= 0.6 is 0 Å². The highest BCUT2D eigenvalue weighted by Crippen LogP contribution is 2.21. The highest BCUT2D eigenvalue weighted by Gasteiger charge is 2.22. The molecule has 1 saturated heterocycles. The molecular formula is C18H23N3O2. The highest BCUT2D eigenvalue weighted by molar-refractivity contribution is 5.80. The van der Waals surface area contributed by atoms with Gasteiger partial charge < -0.3 is 14.7 Å². The molecule has 1 aromatic carbocycles. The van der Waals surface area contributed by atoms with Gasteiger partial charge in [0, 0.05) is 19.2 Å². The van der Waals surface area contributed by atoms with Crippen molar-refractivity contribution in [1.82, 2.24) is 10.1 Å². The zero-order valence-electron chi connectivity index (χ0n) is 13.5. The van der Waals surface area contributed by atoms with Crippen molar-refractivity contribution in [1.29, 1.82) is 0 Å². The second-order valence-electron chi connectivity index (χ2n) is 6.19. The first-order valence-electron chi connectivity index (χ1n) is 8.19. The van der Waals surface area contributed by atoms with E-state index >= 15 is 0 Å². The largest absolute Gasteiger partial charge is 0.360 e. The van der Waals surface area contributed by atoms with E-state index in [0.717, 1.165) is 38.1 Å². The van der Waals surface area contributed by atoms with Crippen molar-refractivity contribution >= 4 is 11.7 Å². The molecule has 3 rings (SSSR count). The van der Waals surface area contributed by atoms with Crippen LogP contribution in [0.1, 0.15) is 24.2 Å². The number of carbonyl (C=O) groups excluding carboxylic acids is 1. The van der Waals surface area contributed by atoms with Gasteiger partial charge >= 0.3 is 0 Å². The number of aryl methyl sites for hydroxylation is 1. The van der Waals surface area contributed by atoms with Gasteiger partial charge in [0.1, 0.15) is 5.76 Å². The van der Waals surface area contributed by atoms with Crippen molar-refractivity contribution in [2.45, 2.75) is 26.2 Å². The first kappa shape index (κ1) is 15.6. The van der Waals surface area contributed by atoms with E-state index in [0.29, 0.717) is 11.7 Å². The molecule has 1 fully saturated rings. The molecule has 0 aliphatic carbocycles. The number of amides is 1. The summed E-state index contributed by atoms with van der Waals surface area (Å²) in [5.74, 6) is 2.16. The Bertz CT molecular complexity index is 631. The molecule has 0 spiro atoms. The Morgan fingerprint density at radius 1 is 1.30 bits per heavy atom. The zero-order valence-corrected chi connectivity index (χ0v) is 13.5. The molecular weight excluding hydrogens is 290 g/mol. The summed E-state index contributed by atoms with van der Waals surface area (Å²) >= 11 is 0. The molecule has 1 aliphatic heterocycles. The van der Waals surface area contributed by atoms with Gasteiger partial charge in [0.2, 0.25) is 5.91 Å². The van der Waals surface area contributed by atoms with E-state index in [-0.39, 0.29) is 12.5 Å². The number of likely N-dealkylation sites (tertiary alicyclic amines) is 1. The second-order valence-corrected chi connectivity index (χ2v) is 6.19. The third-order valence-electron chi connectivity index (χ3n) is 4.38. The number of hydrogen-bond donors (Lipinski definition) is 1. The predicted molar refractivity (Wildman–Crippen MR) is 89.2 cm³/mol. The Hall–Kier alpha value is -2.30. The van der Waals surface area contributed by atoms with Gasteiger partial charge in [-0.2, -0.15) is 0 Å². The summed E-state index contributed by atoms with van der Waals surface area (Å²) in [7, 11) is 0. The molecule has 1 amide bonds. The number of nitrogens with one attached hydrogen (secondary N) is 1. The van der Waals surface area contributed by atoms with E-state index in [9.17, 15) is 4.79 Å². The molecule has 2 heterocycles. The first-order chi connectivity index (χ1) is 11.2. The average Bonchev–Trinajstić information content (AvgIpc) is 3.00. The maximum absolute atomic E-state index is 12.2. The van der Waals surface area contributed by atoms with E-state index in [1.807, 2.05) is 17.9 Å². The van der Waals surface area contributed by atoms with Gasteiger partial charge in [-0.1, -0.05) is 35.5 Å². The maximum Gasteiger partial charge on any atom is 0.241 e. The quantitative estimate of drug-likeness (QED) is 0.922. The zero-order chi connectivity index (χ0) is 16.1. The Kier molecular flexibility index (Phi) is 4.95. The van der Waals surface area contributed by atoms with Crippen LogP contribution in [0.15, 0.2) is 40.9 Å². The standard InChI is InChI=1S/C18H23N3O2/c1-14-11-17(20-23-14)19-13-18(22)21-9-7-16(8-10-21)12-15-5-3-2-4-6-15/h2-6,11,16H,7-10,12-13H2,1H3,(H,19,20). The van der Waals surface area contributed by atoms with Crippen LogP contribution < -0.4 is 5.32 Å². The van der Waals surface area contributed by atoms with Crippen molar-refractivity contribution < 1.29 is 9.32 Å². The van der Waals surface area contributed by atoms with Gasteiger partial charge in [-0.25, -0.2) is 0 Å². The number of rotatable bonds is 5. The fourth-order valence-electron chi connectivity index (χ4n) is 3.06. The molecule has 1 N–H and O–H groups in total. The van der Waals surface area contributed by atoms with Crippen LogP contribution in [0, 0.1) is 12.8 Å². The minimum atomic E-state index is 0.129. The SMILES string of the molecule is Cc1cc(NCC(=O)N2CCC(Cc3ccccc3)CC2)no1. The van der Waals surface area contributed by atoms with E-state index < -0.39 is 0 Å². The molecule has 0 bridgehead atoms. The third kappa shape index (κ3) is 4.34. The molecule has 1 aromatic heterocycles. The second kappa shape index (κ2) is 7.31. The molecule has 0 saturated carbocycles. The van der Waals surface area contributed by atoms with Crippen molar-refractivity contribution in [3.63, 3.8) is 0 Å². The number of carbonyl (C=O) groups is 1. The van der Waals surface area contributed by atoms with E-state index in [1.165, 1.54) is 5.56 Å². The topological polar surface area (TPSA) is 58.4 Å². The maximum atomic E-state index is 12.2. The Morgan fingerprint density at radius 3 is 2.70 bits per heavy atom. The molecule has 23 heavy (non-hydrogen) atoms. The van der Waals surface area contributed by atoms with Gasteiger partial charge in [-0.15, -0.1) is 0 Å². The first-order valence-corrected chi connectivity index (χ1v) is 8.19. The van der Waals surface area contributed by atoms with Crippen LogP contribution in [0.4, 0.5) is 5.82 Å². The lowest BCUT2D eigenvalue weighted by atomic mass is 9.90. The fourth-order valence-corrected chi connectivity index (χ4v) is 3.06. The van der Waals surface area contributed by atoms with Crippen molar-refractivity contribution in [2.24, 2.45) is 5.92 Å². The van der Waals surface area contributed by atoms with Gasteiger partial charge in [-0.05, 0) is 37.7 Å². The number of anilines is 1. The van der Waals surface area contributed by atoms with Crippen LogP contribution in [-0.2, 0) is 11.2 Å². The molecule has 2 aromatic rings. The van der Waals surface area contributed by atoms with Gasteiger partial charge in [0.05, 0.1) is 6.54 Å². The minimum Gasteiger partial charge on any atom is -0.360 e. The highest BCUT2D eigenvalue weighted by atomic mass is 16.5. The molecule has 0 atom stereocenters. The number of aromatic nitrogens is 1. The van der Waals surface area contributed by atoms with Crippen molar-refractivity contribution in [3.8, 4) is 0 Å². The Labute approximate surface area is 136 Å². The van der Waals surface area contributed by atoms with E-state index in [2.05, 4.69) is 34.7 Å². The van der Waals surface area contributed by atoms with Gasteiger partial charge in [0.15, 0.2) is 5.82 Å². The molecule has 5 heteroatoms. The fraction of sp³-hybridized carbons (Fsp3) is 0.444. The van der Waals surface area contributed by atoms with E-state index in [1.54, 1.807) is 6.07 Å². The summed E-state index contributed by atoms with van der Waals surface area (Å²) in [5.41, 5.74) is 1.39. The van der Waals surface area contributed by atoms with Crippen LogP contribution in [0.2, 0.25) is 0 Å². The summed E-state index contributed by atoms with van der Waals surface area (Å²) < 4.78 is 4.98. The normalized spacial score (nSPS) is 15.6. The summed E-state index contributed by atoms with van der Waals surface area (Å²) in [6.45, 7) is 3.79. The molecule has 122 valence electrons. The lowest BCUT2D eigenvalue weighted by Crippen LogP contribution is -2.41. The summed E-state index contributed by atoms with van der Waals surface area (Å²) in [5, 5.41) is 6.85. The number of piperidine rings is 1. The summed E-state index contributed by atoms with van der Waals surface area (Å²) in [6.07, 6.45) is 3.26. The summed E-state index contributed by atoms with van der Waals surface area (Å²) in [6, 6.07) is 12.4. The van der Waals surface area contributed by atoms with Crippen LogP contribution in [0.5, 0.6) is 0 Å². The number of hydrogen-bond acceptors (Lipinski definition) is 4. The van der Waals surface area contributed by atoms with Gasteiger partial charge in [0.25, 0.3) is 0 Å². The monoisotopic (exact) mass is 313 g/mol. The van der Waals surface area contributed by atoms with Crippen LogP contribution in [0.3, 0.4) is 0 Å². The van der Waals surface area contributed by atoms with Crippen molar-refractivity contribution in [3.05, 3.63) is 47.7 Å². The summed E-state index contributed by atoms with van der Waals surface area (Å²) in [4.78, 5) is 14.2. The molecule has 5 nitrogen and oxygen atoms in total. The predicted octanol–water partition coefficient (Wildman–Crippen LogP) is 2.88. The lowest BCUT2D eigenvalue weighted by Gasteiger charge is -2.32. The molecule has 0 unspecified atom stereocenters. The smallest absolute Gasteiger partial charge is 0.241 e. The Morgan fingerprint density at radius 2 is 2.04 bits per heavy atom. The Balaban J connectivity index is 1.42. The third-order valence-corrected chi connectivity index (χ3v) is 4.38. The number of benzene rings is 1. The number of nitrogens with zero attached hydrogens (tertiary/aromatic N) is 2.